The summed E-state index contributed by atoms with van der Waals surface area (Å²) in [6.45, 7) is 5.27. The Hall–Kier alpha value is -1.98. The fraction of sp³-hybridized carbons (Fsp3) is 0.263. The van der Waals surface area contributed by atoms with Crippen LogP contribution in [0.5, 0.6) is 0 Å². The maximum Gasteiger partial charge on any atom is 0.319 e. The van der Waals surface area contributed by atoms with Crippen LogP contribution in [0, 0.1) is 13.8 Å². The Morgan fingerprint density at radius 1 is 1.12 bits per heavy atom. The molecule has 0 spiro atoms. The van der Waals surface area contributed by atoms with E-state index in [2.05, 4.69) is 5.32 Å². The van der Waals surface area contributed by atoms with Gasteiger partial charge in [0.1, 0.15) is 5.25 Å². The molecule has 0 aromatic heterocycles. The molecule has 0 radical (unpaired) electrons. The molecule has 1 N–H and O–H groups in total. The Morgan fingerprint density at radius 3 is 2.32 bits per heavy atom. The molecule has 0 aliphatic heterocycles. The van der Waals surface area contributed by atoms with Crippen molar-refractivity contribution in [1.29, 1.82) is 0 Å². The van der Waals surface area contributed by atoms with Gasteiger partial charge in [-0.3, -0.25) is 9.59 Å². The first kappa shape index (κ1) is 19.3. The quantitative estimate of drug-likeness (QED) is 0.589. The van der Waals surface area contributed by atoms with Crippen LogP contribution in [0.25, 0.3) is 0 Å². The van der Waals surface area contributed by atoms with Crippen LogP contribution in [0.3, 0.4) is 0 Å². The highest BCUT2D eigenvalue weighted by Crippen LogP contribution is 2.25. The van der Waals surface area contributed by atoms with Crippen molar-refractivity contribution in [1.82, 2.24) is 0 Å². The Balaban J connectivity index is 1.84. The van der Waals surface area contributed by atoms with E-state index in [0.29, 0.717) is 5.02 Å². The van der Waals surface area contributed by atoms with E-state index in [1.165, 1.54) is 11.8 Å². The third kappa shape index (κ3) is 5.80. The summed E-state index contributed by atoms with van der Waals surface area (Å²) in [6.07, 6.45) is 0. The minimum Gasteiger partial charge on any atom is -0.455 e. The number of anilines is 1. The molecule has 0 saturated carbocycles. The lowest BCUT2D eigenvalue weighted by Gasteiger charge is -2.13. The summed E-state index contributed by atoms with van der Waals surface area (Å²) in [5, 5.41) is 3.01. The van der Waals surface area contributed by atoms with Crippen molar-refractivity contribution >= 4 is 40.9 Å². The third-order valence-electron chi connectivity index (χ3n) is 3.55. The van der Waals surface area contributed by atoms with E-state index in [4.69, 9.17) is 16.3 Å². The number of ether oxygens (including phenoxy) is 1. The van der Waals surface area contributed by atoms with Gasteiger partial charge in [0.05, 0.1) is 0 Å². The number of benzene rings is 2. The van der Waals surface area contributed by atoms with E-state index >= 15 is 0 Å². The largest absolute Gasteiger partial charge is 0.455 e. The minimum absolute atomic E-state index is 0.307. The number of amides is 1. The molecule has 0 aliphatic carbocycles. The summed E-state index contributed by atoms with van der Waals surface area (Å²) in [6, 6.07) is 13.0. The molecule has 0 aliphatic rings. The predicted octanol–water partition coefficient (Wildman–Crippen LogP) is 4.62. The monoisotopic (exact) mass is 377 g/mol. The molecule has 0 bridgehead atoms. The second-order valence-electron chi connectivity index (χ2n) is 5.64. The van der Waals surface area contributed by atoms with E-state index in [9.17, 15) is 9.59 Å². The number of carbonyl (C=O) groups is 2. The smallest absolute Gasteiger partial charge is 0.319 e. The molecule has 2 aromatic carbocycles. The van der Waals surface area contributed by atoms with Gasteiger partial charge in [-0.25, -0.2) is 0 Å². The van der Waals surface area contributed by atoms with Gasteiger partial charge in [0.15, 0.2) is 6.61 Å². The third-order valence-corrected chi connectivity index (χ3v) is 4.89. The summed E-state index contributed by atoms with van der Waals surface area (Å²) in [5.74, 6) is -0.786. The van der Waals surface area contributed by atoms with E-state index in [1.54, 1.807) is 19.1 Å². The summed E-state index contributed by atoms with van der Waals surface area (Å²) < 4.78 is 5.12. The highest BCUT2D eigenvalue weighted by molar-refractivity contribution is 8.00. The average Bonchev–Trinajstić information content (AvgIpc) is 2.58. The van der Waals surface area contributed by atoms with E-state index in [1.807, 2.05) is 44.2 Å². The summed E-state index contributed by atoms with van der Waals surface area (Å²) in [4.78, 5) is 25.0. The molecule has 0 heterocycles. The van der Waals surface area contributed by atoms with E-state index < -0.39 is 11.2 Å². The lowest BCUT2D eigenvalue weighted by atomic mass is 10.1. The van der Waals surface area contributed by atoms with Crippen LogP contribution in [-0.2, 0) is 14.3 Å². The zero-order chi connectivity index (χ0) is 18.4. The summed E-state index contributed by atoms with van der Waals surface area (Å²) >= 11 is 7.19. The topological polar surface area (TPSA) is 55.4 Å². The molecule has 6 heteroatoms. The zero-order valence-electron chi connectivity index (χ0n) is 14.3. The van der Waals surface area contributed by atoms with Crippen LogP contribution < -0.4 is 5.32 Å². The molecular formula is C19H20ClNO3S. The number of rotatable bonds is 6. The standard InChI is InChI=1S/C19H20ClNO3S/c1-12-5-4-6-13(2)18(12)21-17(22)11-24-19(23)14(3)25-16-9-7-15(20)8-10-16/h4-10,14H,11H2,1-3H3,(H,21,22)/t14-/m1/s1. The Labute approximate surface area is 156 Å². The van der Waals surface area contributed by atoms with Gasteiger partial charge in [0.25, 0.3) is 5.91 Å². The van der Waals surface area contributed by atoms with Crippen LogP contribution >= 0.6 is 23.4 Å². The molecule has 0 saturated heterocycles. The van der Waals surface area contributed by atoms with Crippen molar-refractivity contribution in [2.24, 2.45) is 0 Å². The highest BCUT2D eigenvalue weighted by Gasteiger charge is 2.18. The number of para-hydroxylation sites is 1. The number of hydrogen-bond donors (Lipinski definition) is 1. The van der Waals surface area contributed by atoms with Crippen LogP contribution in [-0.4, -0.2) is 23.7 Å². The molecule has 1 atom stereocenters. The maximum atomic E-state index is 12.1. The molecule has 0 unspecified atom stereocenters. The minimum atomic E-state index is -0.434. The average molecular weight is 378 g/mol. The SMILES string of the molecule is Cc1cccc(C)c1NC(=O)COC(=O)[C@@H](C)Sc1ccc(Cl)cc1. The molecule has 25 heavy (non-hydrogen) atoms. The molecule has 1 amide bonds. The number of carbonyl (C=O) groups excluding carboxylic acids is 2. The van der Waals surface area contributed by atoms with Gasteiger partial charge in [0, 0.05) is 15.6 Å². The van der Waals surface area contributed by atoms with Crippen molar-refractivity contribution in [2.45, 2.75) is 30.9 Å². The number of hydrogen-bond acceptors (Lipinski definition) is 4. The van der Waals surface area contributed by atoms with Gasteiger partial charge >= 0.3 is 5.97 Å². The van der Waals surface area contributed by atoms with Crippen molar-refractivity contribution in [3.05, 3.63) is 58.6 Å². The Morgan fingerprint density at radius 2 is 1.72 bits per heavy atom. The van der Waals surface area contributed by atoms with Crippen LogP contribution in [0.15, 0.2) is 47.4 Å². The first-order valence-corrected chi connectivity index (χ1v) is 9.07. The Kier molecular flexibility index (Phi) is 6.91. The fourth-order valence-electron chi connectivity index (χ4n) is 2.21. The lowest BCUT2D eigenvalue weighted by Crippen LogP contribution is -2.25. The van der Waals surface area contributed by atoms with Gasteiger partial charge in [-0.2, -0.15) is 0 Å². The second kappa shape index (κ2) is 8.92. The molecule has 132 valence electrons. The first-order chi connectivity index (χ1) is 11.9. The maximum absolute atomic E-state index is 12.1. The second-order valence-corrected chi connectivity index (χ2v) is 7.49. The van der Waals surface area contributed by atoms with Crippen molar-refractivity contribution in [2.75, 3.05) is 11.9 Å². The zero-order valence-corrected chi connectivity index (χ0v) is 15.9. The van der Waals surface area contributed by atoms with E-state index in [-0.39, 0.29) is 12.5 Å². The normalized spacial score (nSPS) is 11.7. The van der Waals surface area contributed by atoms with Crippen LogP contribution in [0.4, 0.5) is 5.69 Å². The number of nitrogens with one attached hydrogen (secondary N) is 1. The Bertz CT molecular complexity index is 742. The van der Waals surface area contributed by atoms with Crippen LogP contribution in [0.1, 0.15) is 18.1 Å². The number of thioether (sulfide) groups is 1. The molecule has 2 rings (SSSR count). The van der Waals surface area contributed by atoms with Crippen LogP contribution in [0.2, 0.25) is 5.02 Å². The predicted molar refractivity (Wildman–Crippen MR) is 102 cm³/mol. The van der Waals surface area contributed by atoms with Gasteiger partial charge in [0.2, 0.25) is 0 Å². The molecule has 0 fully saturated rings. The summed E-state index contributed by atoms with van der Waals surface area (Å²) in [5.41, 5.74) is 2.69. The number of aryl methyl sites for hydroxylation is 2. The van der Waals surface area contributed by atoms with Crippen molar-refractivity contribution < 1.29 is 14.3 Å². The molecular weight excluding hydrogens is 358 g/mol. The van der Waals surface area contributed by atoms with E-state index in [0.717, 1.165) is 21.7 Å². The highest BCUT2D eigenvalue weighted by atomic mass is 35.5. The van der Waals surface area contributed by atoms with Gasteiger partial charge in [-0.1, -0.05) is 29.8 Å². The molecule has 4 nitrogen and oxygen atoms in total. The lowest BCUT2D eigenvalue weighted by molar-refractivity contribution is -0.146. The van der Waals surface area contributed by atoms with Crippen molar-refractivity contribution in [3.8, 4) is 0 Å². The van der Waals surface area contributed by atoms with Gasteiger partial charge in [-0.15, -0.1) is 11.8 Å². The van der Waals surface area contributed by atoms with Gasteiger partial charge in [-0.05, 0) is 56.2 Å². The number of esters is 1. The van der Waals surface area contributed by atoms with Crippen molar-refractivity contribution in [3.63, 3.8) is 0 Å². The number of halogens is 1. The van der Waals surface area contributed by atoms with Gasteiger partial charge < -0.3 is 10.1 Å². The fourth-order valence-corrected chi connectivity index (χ4v) is 3.20. The summed E-state index contributed by atoms with van der Waals surface area (Å²) in [7, 11) is 0. The molecule has 2 aromatic rings. The first-order valence-electron chi connectivity index (χ1n) is 7.81.